The van der Waals surface area contributed by atoms with E-state index in [1.807, 2.05) is 42.2 Å². The third-order valence-corrected chi connectivity index (χ3v) is 5.38. The second kappa shape index (κ2) is 6.91. The Hall–Kier alpha value is -2.29. The van der Waals surface area contributed by atoms with E-state index in [0.29, 0.717) is 0 Å². The molecular formula is C22H25NO2. The fraction of sp³-hybridized carbons (Fsp3) is 0.409. The highest BCUT2D eigenvalue weighted by Crippen LogP contribution is 2.31. The zero-order valence-corrected chi connectivity index (χ0v) is 14.8. The summed E-state index contributed by atoms with van der Waals surface area (Å²) in [6.07, 6.45) is 6.20. The number of anilines is 1. The van der Waals surface area contributed by atoms with Crippen LogP contribution in [0.4, 0.5) is 5.69 Å². The number of rotatable bonds is 3. The molecule has 0 fully saturated rings. The highest BCUT2D eigenvalue weighted by molar-refractivity contribution is 5.97. The van der Waals surface area contributed by atoms with Crippen molar-refractivity contribution in [2.75, 3.05) is 11.4 Å². The third kappa shape index (κ3) is 3.15. The molecule has 0 spiro atoms. The molecule has 1 amide bonds. The van der Waals surface area contributed by atoms with Crippen molar-refractivity contribution in [3.05, 3.63) is 59.2 Å². The minimum Gasteiger partial charge on any atom is -0.481 e. The molecule has 1 aliphatic heterocycles. The molecule has 1 heterocycles. The number of hydrogen-bond donors (Lipinski definition) is 0. The van der Waals surface area contributed by atoms with Crippen LogP contribution in [-0.2, 0) is 24.1 Å². The highest BCUT2D eigenvalue weighted by Gasteiger charge is 2.28. The molecule has 0 saturated heterocycles. The summed E-state index contributed by atoms with van der Waals surface area (Å²) in [4.78, 5) is 14.9. The van der Waals surface area contributed by atoms with Crippen LogP contribution >= 0.6 is 0 Å². The summed E-state index contributed by atoms with van der Waals surface area (Å²) in [5.74, 6) is 0.948. The maximum Gasteiger partial charge on any atom is 0.267 e. The van der Waals surface area contributed by atoms with Gasteiger partial charge in [-0.05, 0) is 74.3 Å². The summed E-state index contributed by atoms with van der Waals surface area (Å²) in [6, 6.07) is 14.5. The number of hydrogen-bond acceptors (Lipinski definition) is 2. The van der Waals surface area contributed by atoms with Crippen molar-refractivity contribution >= 4 is 11.6 Å². The van der Waals surface area contributed by atoms with Crippen molar-refractivity contribution in [1.82, 2.24) is 0 Å². The molecule has 0 aromatic heterocycles. The van der Waals surface area contributed by atoms with Gasteiger partial charge in [-0.1, -0.05) is 30.3 Å². The van der Waals surface area contributed by atoms with Crippen LogP contribution in [0.3, 0.4) is 0 Å². The molecule has 3 heteroatoms. The van der Waals surface area contributed by atoms with E-state index in [1.165, 1.54) is 29.5 Å². The van der Waals surface area contributed by atoms with E-state index in [9.17, 15) is 4.79 Å². The largest absolute Gasteiger partial charge is 0.481 e. The number of aryl methyl sites for hydroxylation is 2. The molecule has 0 radical (unpaired) electrons. The maximum absolute atomic E-state index is 13.0. The average molecular weight is 335 g/mol. The molecule has 0 N–H and O–H groups in total. The van der Waals surface area contributed by atoms with Gasteiger partial charge in [0, 0.05) is 12.2 Å². The van der Waals surface area contributed by atoms with E-state index in [1.54, 1.807) is 0 Å². The number of fused-ring (bicyclic) bond motifs is 2. The Morgan fingerprint density at radius 2 is 1.72 bits per heavy atom. The van der Waals surface area contributed by atoms with Gasteiger partial charge in [0.2, 0.25) is 0 Å². The molecule has 25 heavy (non-hydrogen) atoms. The number of nitrogens with zero attached hydrogens (tertiary/aromatic N) is 1. The van der Waals surface area contributed by atoms with Crippen LogP contribution in [0.25, 0.3) is 0 Å². The Labute approximate surface area is 149 Å². The standard InChI is InChI=1S/C22H25NO2/c1-16(25-21-14-6-10-17-8-2-4-12-19(17)21)22(24)23-15-7-11-18-9-3-5-13-20(18)23/h3,5-6,9-10,13-14,16H,2,4,7-8,11-12,15H2,1H3. The van der Waals surface area contributed by atoms with E-state index < -0.39 is 6.10 Å². The highest BCUT2D eigenvalue weighted by atomic mass is 16.5. The molecule has 0 bridgehead atoms. The van der Waals surface area contributed by atoms with Gasteiger partial charge in [0.25, 0.3) is 5.91 Å². The van der Waals surface area contributed by atoms with Crippen LogP contribution in [0.2, 0.25) is 0 Å². The molecule has 2 aromatic rings. The Morgan fingerprint density at radius 3 is 2.64 bits per heavy atom. The van der Waals surface area contributed by atoms with Gasteiger partial charge < -0.3 is 9.64 Å². The lowest BCUT2D eigenvalue weighted by molar-refractivity contribution is -0.124. The van der Waals surface area contributed by atoms with Crippen LogP contribution in [-0.4, -0.2) is 18.6 Å². The Bertz CT molecular complexity index is 783. The normalized spacial score (nSPS) is 17.4. The van der Waals surface area contributed by atoms with Crippen molar-refractivity contribution in [2.45, 2.75) is 51.6 Å². The lowest BCUT2D eigenvalue weighted by Crippen LogP contribution is -2.43. The van der Waals surface area contributed by atoms with Gasteiger partial charge in [-0.3, -0.25) is 4.79 Å². The molecule has 1 unspecified atom stereocenters. The molecular weight excluding hydrogens is 310 g/mol. The van der Waals surface area contributed by atoms with Crippen molar-refractivity contribution in [3.63, 3.8) is 0 Å². The Morgan fingerprint density at radius 1 is 0.960 bits per heavy atom. The van der Waals surface area contributed by atoms with Gasteiger partial charge in [0.05, 0.1) is 0 Å². The summed E-state index contributed by atoms with van der Waals surface area (Å²) in [6.45, 7) is 2.65. The molecule has 0 saturated carbocycles. The number of para-hydroxylation sites is 1. The fourth-order valence-corrected chi connectivity index (χ4v) is 4.08. The Balaban J connectivity index is 1.54. The SMILES string of the molecule is CC(Oc1cccc2c1CCCC2)C(=O)N1CCCc2ccccc21. The van der Waals surface area contributed by atoms with Crippen LogP contribution in [0.5, 0.6) is 5.75 Å². The molecule has 2 aromatic carbocycles. The van der Waals surface area contributed by atoms with E-state index in [-0.39, 0.29) is 5.91 Å². The number of amides is 1. The van der Waals surface area contributed by atoms with Crippen LogP contribution < -0.4 is 9.64 Å². The summed E-state index contributed by atoms with van der Waals surface area (Å²) < 4.78 is 6.15. The van der Waals surface area contributed by atoms with Crippen LogP contribution in [0.15, 0.2) is 42.5 Å². The van der Waals surface area contributed by atoms with Gasteiger partial charge in [-0.2, -0.15) is 0 Å². The first kappa shape index (κ1) is 16.2. The van der Waals surface area contributed by atoms with Gasteiger partial charge in [-0.15, -0.1) is 0 Å². The summed E-state index contributed by atoms with van der Waals surface area (Å²) in [5, 5.41) is 0. The smallest absolute Gasteiger partial charge is 0.267 e. The quantitative estimate of drug-likeness (QED) is 0.836. The van der Waals surface area contributed by atoms with Gasteiger partial charge in [-0.25, -0.2) is 0 Å². The summed E-state index contributed by atoms with van der Waals surface area (Å²) in [7, 11) is 0. The molecule has 130 valence electrons. The zero-order valence-electron chi connectivity index (χ0n) is 14.8. The van der Waals surface area contributed by atoms with E-state index >= 15 is 0 Å². The molecule has 1 atom stereocenters. The fourth-order valence-electron chi connectivity index (χ4n) is 4.08. The zero-order chi connectivity index (χ0) is 17.2. The van der Waals surface area contributed by atoms with Gasteiger partial charge in [0.15, 0.2) is 6.10 Å². The molecule has 1 aliphatic carbocycles. The summed E-state index contributed by atoms with van der Waals surface area (Å²) in [5.41, 5.74) is 4.98. The van der Waals surface area contributed by atoms with Crippen molar-refractivity contribution in [2.24, 2.45) is 0 Å². The minimum absolute atomic E-state index is 0.0561. The van der Waals surface area contributed by atoms with Crippen LogP contribution in [0.1, 0.15) is 42.9 Å². The van der Waals surface area contributed by atoms with E-state index in [0.717, 1.165) is 43.7 Å². The number of ether oxygens (including phenoxy) is 1. The van der Waals surface area contributed by atoms with E-state index in [4.69, 9.17) is 4.74 Å². The molecule has 3 nitrogen and oxygen atoms in total. The van der Waals surface area contributed by atoms with E-state index in [2.05, 4.69) is 12.1 Å². The predicted molar refractivity (Wildman–Crippen MR) is 100 cm³/mol. The first-order chi connectivity index (χ1) is 12.2. The van der Waals surface area contributed by atoms with Crippen molar-refractivity contribution in [1.29, 1.82) is 0 Å². The average Bonchev–Trinajstić information content (AvgIpc) is 2.67. The summed E-state index contributed by atoms with van der Waals surface area (Å²) >= 11 is 0. The van der Waals surface area contributed by atoms with Gasteiger partial charge >= 0.3 is 0 Å². The minimum atomic E-state index is -0.473. The first-order valence-corrected chi connectivity index (χ1v) is 9.41. The second-order valence-electron chi connectivity index (χ2n) is 7.08. The van der Waals surface area contributed by atoms with Crippen molar-refractivity contribution in [3.8, 4) is 5.75 Å². The number of carbonyl (C=O) groups is 1. The van der Waals surface area contributed by atoms with Crippen LogP contribution in [0, 0.1) is 0 Å². The second-order valence-corrected chi connectivity index (χ2v) is 7.08. The van der Waals surface area contributed by atoms with Gasteiger partial charge in [0.1, 0.15) is 5.75 Å². The molecule has 4 rings (SSSR count). The number of benzene rings is 2. The number of carbonyl (C=O) groups excluding carboxylic acids is 1. The van der Waals surface area contributed by atoms with Crippen molar-refractivity contribution < 1.29 is 9.53 Å². The lowest BCUT2D eigenvalue weighted by Gasteiger charge is -2.32. The predicted octanol–water partition coefficient (Wildman–Crippen LogP) is 4.31. The third-order valence-electron chi connectivity index (χ3n) is 5.38. The lowest BCUT2D eigenvalue weighted by atomic mass is 9.91. The topological polar surface area (TPSA) is 29.5 Å². The maximum atomic E-state index is 13.0. The molecule has 2 aliphatic rings. The first-order valence-electron chi connectivity index (χ1n) is 9.41. The monoisotopic (exact) mass is 335 g/mol. The Kier molecular flexibility index (Phi) is 4.48.